The molecule has 0 spiro atoms. The van der Waals surface area contributed by atoms with E-state index in [1.807, 2.05) is 58.9 Å². The molecule has 2 aliphatic rings. The second kappa shape index (κ2) is 7.82. The van der Waals surface area contributed by atoms with E-state index in [1.54, 1.807) is 11.2 Å². The molecule has 0 radical (unpaired) electrons. The predicted molar refractivity (Wildman–Crippen MR) is 112 cm³/mol. The molecule has 0 bridgehead atoms. The molecule has 2 aliphatic heterocycles. The zero-order chi connectivity index (χ0) is 21.3. The van der Waals surface area contributed by atoms with Gasteiger partial charge in [0.15, 0.2) is 5.75 Å². The molecule has 8 nitrogen and oxygen atoms in total. The molecule has 156 valence electrons. The molecular weight excluding hydrogens is 370 g/mol. The third-order valence-corrected chi connectivity index (χ3v) is 4.97. The lowest BCUT2D eigenvalue weighted by Crippen LogP contribution is -2.59. The Hall–Kier alpha value is -2.95. The van der Waals surface area contributed by atoms with E-state index in [9.17, 15) is 10.1 Å². The highest BCUT2D eigenvalue weighted by Crippen LogP contribution is 2.43. The Balaban J connectivity index is 1.86. The molecule has 1 saturated heterocycles. The van der Waals surface area contributed by atoms with Gasteiger partial charge in [-0.2, -0.15) is 5.26 Å². The fourth-order valence-corrected chi connectivity index (χ4v) is 3.59. The molecule has 2 heterocycles. The largest absolute Gasteiger partial charge is 0.484 e. The predicted octanol–water partition coefficient (Wildman–Crippen LogP) is 2.99. The zero-order valence-corrected chi connectivity index (χ0v) is 18.0. The van der Waals surface area contributed by atoms with Crippen molar-refractivity contribution in [3.63, 3.8) is 0 Å². The van der Waals surface area contributed by atoms with Crippen LogP contribution in [0, 0.1) is 11.3 Å². The van der Waals surface area contributed by atoms with Crippen LogP contribution in [-0.4, -0.2) is 74.2 Å². The molecule has 0 N–H and O–H groups in total. The van der Waals surface area contributed by atoms with Gasteiger partial charge in [-0.15, -0.1) is 0 Å². The topological polar surface area (TPSA) is 81.4 Å². The van der Waals surface area contributed by atoms with Gasteiger partial charge in [-0.25, -0.2) is 9.79 Å². The maximum absolute atomic E-state index is 12.5. The number of benzene rings is 1. The minimum atomic E-state index is -0.527. The number of likely N-dealkylation sites (N-methyl/N-ethyl adjacent to an activating group) is 1. The number of hydrogen-bond acceptors (Lipinski definition) is 6. The summed E-state index contributed by atoms with van der Waals surface area (Å²) in [7, 11) is 5.73. The van der Waals surface area contributed by atoms with Crippen LogP contribution in [0.4, 0.5) is 16.2 Å². The molecule has 1 fully saturated rings. The highest BCUT2D eigenvalue weighted by atomic mass is 16.6. The van der Waals surface area contributed by atoms with Crippen molar-refractivity contribution in [2.45, 2.75) is 44.9 Å². The number of ether oxygens (including phenoxy) is 2. The van der Waals surface area contributed by atoms with Crippen molar-refractivity contribution in [3.05, 3.63) is 17.7 Å². The average molecular weight is 399 g/mol. The molecule has 29 heavy (non-hydrogen) atoms. The zero-order valence-electron chi connectivity index (χ0n) is 18.0. The van der Waals surface area contributed by atoms with Gasteiger partial charge in [0, 0.05) is 40.7 Å². The number of anilines is 1. The van der Waals surface area contributed by atoms with E-state index >= 15 is 0 Å². The molecule has 0 aromatic heterocycles. The summed E-state index contributed by atoms with van der Waals surface area (Å²) >= 11 is 0. The summed E-state index contributed by atoms with van der Waals surface area (Å²) in [5.41, 5.74) is 1.32. The molecule has 1 amide bonds. The third-order valence-electron chi connectivity index (χ3n) is 4.97. The number of nitrogens with zero attached hydrogens (tertiary/aromatic N) is 5. The van der Waals surface area contributed by atoms with E-state index in [2.05, 4.69) is 16.0 Å². The van der Waals surface area contributed by atoms with Crippen LogP contribution in [-0.2, 0) is 4.74 Å². The van der Waals surface area contributed by atoms with Crippen LogP contribution in [0.2, 0.25) is 0 Å². The van der Waals surface area contributed by atoms with Crippen LogP contribution in [0.1, 0.15) is 32.8 Å². The molecule has 0 aliphatic carbocycles. The molecule has 1 aromatic carbocycles. The van der Waals surface area contributed by atoms with E-state index in [0.29, 0.717) is 36.5 Å². The molecule has 3 rings (SSSR count). The van der Waals surface area contributed by atoms with Crippen LogP contribution in [0.25, 0.3) is 0 Å². The molecule has 0 unspecified atom stereocenters. The number of amides is 1. The number of piperidine rings is 1. The Morgan fingerprint density at radius 2 is 2.14 bits per heavy atom. The first-order valence-corrected chi connectivity index (χ1v) is 9.76. The van der Waals surface area contributed by atoms with E-state index < -0.39 is 5.60 Å². The van der Waals surface area contributed by atoms with Crippen LogP contribution in [0.3, 0.4) is 0 Å². The van der Waals surface area contributed by atoms with Gasteiger partial charge >= 0.3 is 6.09 Å². The van der Waals surface area contributed by atoms with Crippen molar-refractivity contribution >= 4 is 23.8 Å². The van der Waals surface area contributed by atoms with Crippen LogP contribution < -0.4 is 9.64 Å². The van der Waals surface area contributed by atoms with Gasteiger partial charge < -0.3 is 24.2 Å². The lowest BCUT2D eigenvalue weighted by atomic mass is 9.97. The first-order valence-electron chi connectivity index (χ1n) is 9.76. The number of fused-ring (bicyclic) bond motifs is 2. The quantitative estimate of drug-likeness (QED) is 0.562. The summed E-state index contributed by atoms with van der Waals surface area (Å²) in [5, 5.41) is 9.74. The molecule has 0 saturated carbocycles. The fraction of sp³-hybridized carbons (Fsp3) is 0.571. The van der Waals surface area contributed by atoms with Gasteiger partial charge in [0.25, 0.3) is 0 Å². The summed E-state index contributed by atoms with van der Waals surface area (Å²) < 4.78 is 11.8. The summed E-state index contributed by atoms with van der Waals surface area (Å²) in [5.74, 6) is 0.565. The molecule has 1 aromatic rings. The Morgan fingerprint density at radius 3 is 2.76 bits per heavy atom. The van der Waals surface area contributed by atoms with Gasteiger partial charge in [0.2, 0.25) is 0 Å². The number of carbonyl (C=O) groups is 1. The number of nitriles is 1. The first kappa shape index (κ1) is 20.8. The van der Waals surface area contributed by atoms with Crippen LogP contribution in [0.15, 0.2) is 17.1 Å². The van der Waals surface area contributed by atoms with Gasteiger partial charge in [0.1, 0.15) is 23.3 Å². The van der Waals surface area contributed by atoms with E-state index in [1.165, 1.54) is 0 Å². The fourth-order valence-electron chi connectivity index (χ4n) is 3.59. The SMILES string of the molecule is CN(C)C=Nc1ccc2c(c1C#N)O[C@@H]1CCN(C(=O)OC(C)(C)C)C[C@H]1N2C. The molecule has 8 heteroatoms. The smallest absolute Gasteiger partial charge is 0.410 e. The third kappa shape index (κ3) is 4.39. The molecule has 2 atom stereocenters. The van der Waals surface area contributed by atoms with Crippen molar-refractivity contribution in [2.24, 2.45) is 4.99 Å². The highest BCUT2D eigenvalue weighted by molar-refractivity contribution is 5.77. The van der Waals surface area contributed by atoms with Crippen molar-refractivity contribution in [2.75, 3.05) is 39.1 Å². The van der Waals surface area contributed by atoms with E-state index in [0.717, 1.165) is 5.69 Å². The Kier molecular flexibility index (Phi) is 5.60. The van der Waals surface area contributed by atoms with Gasteiger partial charge in [-0.05, 0) is 32.9 Å². The number of aliphatic imine (C=N–C) groups is 1. The summed E-state index contributed by atoms with van der Waals surface area (Å²) in [6, 6.07) is 5.98. The van der Waals surface area contributed by atoms with Crippen molar-refractivity contribution < 1.29 is 14.3 Å². The minimum Gasteiger partial charge on any atom is -0.484 e. The van der Waals surface area contributed by atoms with Gasteiger partial charge in [-0.3, -0.25) is 0 Å². The minimum absolute atomic E-state index is 0.00793. The summed E-state index contributed by atoms with van der Waals surface area (Å²) in [6.45, 7) is 6.66. The monoisotopic (exact) mass is 399 g/mol. The first-order chi connectivity index (χ1) is 13.6. The Bertz CT molecular complexity index is 853. The number of likely N-dealkylation sites (tertiary alicyclic amines) is 1. The second-order valence-corrected chi connectivity index (χ2v) is 8.68. The van der Waals surface area contributed by atoms with E-state index in [-0.39, 0.29) is 18.2 Å². The summed E-state index contributed by atoms with van der Waals surface area (Å²) in [6.07, 6.45) is 1.92. The average Bonchev–Trinajstić information content (AvgIpc) is 2.64. The van der Waals surface area contributed by atoms with E-state index in [4.69, 9.17) is 9.47 Å². The maximum Gasteiger partial charge on any atom is 0.410 e. The number of carbonyl (C=O) groups excluding carboxylic acids is 1. The van der Waals surface area contributed by atoms with Crippen molar-refractivity contribution in [1.29, 1.82) is 5.26 Å². The Labute approximate surface area is 172 Å². The summed E-state index contributed by atoms with van der Waals surface area (Å²) in [4.78, 5) is 22.5. The Morgan fingerprint density at radius 1 is 1.41 bits per heavy atom. The number of rotatable bonds is 2. The highest BCUT2D eigenvalue weighted by Gasteiger charge is 2.41. The number of hydrogen-bond donors (Lipinski definition) is 0. The van der Waals surface area contributed by atoms with Gasteiger partial charge in [-0.1, -0.05) is 0 Å². The lowest BCUT2D eigenvalue weighted by Gasteiger charge is -2.47. The second-order valence-electron chi connectivity index (χ2n) is 8.68. The van der Waals surface area contributed by atoms with Crippen LogP contribution in [0.5, 0.6) is 5.75 Å². The standard InChI is InChI=1S/C21H29N5O3/c1-21(2,3)29-20(27)26-10-9-18-17(12-26)25(6)16-8-7-15(23-13-24(4)5)14(11-22)19(16)28-18/h7-8,13,17-18H,9-10,12H2,1-6H3/t17-,18-/m1/s1. The van der Waals surface area contributed by atoms with Crippen LogP contribution >= 0.6 is 0 Å². The van der Waals surface area contributed by atoms with Crippen molar-refractivity contribution in [3.8, 4) is 11.8 Å². The maximum atomic E-state index is 12.5. The normalized spacial score (nSPS) is 21.1. The van der Waals surface area contributed by atoms with Gasteiger partial charge in [0.05, 0.1) is 23.8 Å². The van der Waals surface area contributed by atoms with Crippen molar-refractivity contribution in [1.82, 2.24) is 9.80 Å². The molecular formula is C21H29N5O3. The lowest BCUT2D eigenvalue weighted by molar-refractivity contribution is 0.00612.